The molecule has 1 aromatic carbocycles. The number of benzene rings is 1. The number of hydrogen-bond donors (Lipinski definition) is 2. The Balaban J connectivity index is 1.78. The molecule has 0 radical (unpaired) electrons. The standard InChI is InChI=1S/C22H31N2O7PS/c1-16(2)14-19(26)33-13-12-23-18(25)10-11-24-21(27)20-22(3,4)15-29-32(28,31-20)30-17-8-6-5-7-9-17/h5-9,14,20H,10-13,15H2,1-4H3,(H,23,25)(H,24,27)/t20-,32?/m0/s1. The van der Waals surface area contributed by atoms with Crippen molar-refractivity contribution in [2.45, 2.75) is 40.2 Å². The lowest BCUT2D eigenvalue weighted by Gasteiger charge is -2.39. The molecule has 0 spiro atoms. The molecule has 2 N–H and O–H groups in total. The molecule has 1 aromatic rings. The Hall–Kier alpha value is -2.13. The number of nitrogens with one attached hydrogen (secondary N) is 2. The van der Waals surface area contributed by atoms with Gasteiger partial charge in [0.25, 0.3) is 5.91 Å². The number of rotatable bonds is 10. The lowest BCUT2D eigenvalue weighted by Crippen LogP contribution is -2.50. The minimum absolute atomic E-state index is 0.00118. The average molecular weight is 499 g/mol. The molecule has 1 heterocycles. The average Bonchev–Trinajstić information content (AvgIpc) is 2.73. The molecule has 11 heteroatoms. The molecule has 1 unspecified atom stereocenters. The van der Waals surface area contributed by atoms with Gasteiger partial charge in [0, 0.05) is 30.7 Å². The first-order valence-electron chi connectivity index (χ1n) is 10.5. The van der Waals surface area contributed by atoms with Gasteiger partial charge in [-0.15, -0.1) is 0 Å². The van der Waals surface area contributed by atoms with Crippen LogP contribution in [0.4, 0.5) is 0 Å². The summed E-state index contributed by atoms with van der Waals surface area (Å²) in [6, 6.07) is 8.42. The normalized spacial score (nSPS) is 21.5. The maximum atomic E-state index is 12.9. The van der Waals surface area contributed by atoms with E-state index in [-0.39, 0.29) is 30.6 Å². The molecule has 0 aliphatic carbocycles. The lowest BCUT2D eigenvalue weighted by molar-refractivity contribution is -0.140. The minimum atomic E-state index is -3.99. The Labute approximate surface area is 198 Å². The van der Waals surface area contributed by atoms with Crippen molar-refractivity contribution in [3.05, 3.63) is 42.0 Å². The van der Waals surface area contributed by atoms with E-state index in [9.17, 15) is 18.9 Å². The lowest BCUT2D eigenvalue weighted by atomic mass is 9.87. The van der Waals surface area contributed by atoms with Crippen molar-refractivity contribution in [3.63, 3.8) is 0 Å². The molecule has 0 bridgehead atoms. The molecule has 1 fully saturated rings. The smallest absolute Gasteiger partial charge is 0.404 e. The molecule has 1 saturated heterocycles. The fourth-order valence-electron chi connectivity index (χ4n) is 2.78. The van der Waals surface area contributed by atoms with Gasteiger partial charge in [-0.25, -0.2) is 4.57 Å². The van der Waals surface area contributed by atoms with Crippen LogP contribution in [0.25, 0.3) is 0 Å². The van der Waals surface area contributed by atoms with E-state index < -0.39 is 25.2 Å². The highest BCUT2D eigenvalue weighted by molar-refractivity contribution is 8.14. The van der Waals surface area contributed by atoms with Crippen LogP contribution in [0.1, 0.15) is 34.1 Å². The van der Waals surface area contributed by atoms with Gasteiger partial charge in [-0.1, -0.05) is 49.4 Å². The van der Waals surface area contributed by atoms with Crippen molar-refractivity contribution in [1.29, 1.82) is 0 Å². The number of hydrogen-bond acceptors (Lipinski definition) is 8. The molecule has 1 aliphatic heterocycles. The van der Waals surface area contributed by atoms with Gasteiger partial charge in [0.2, 0.25) is 11.0 Å². The molecule has 2 atom stereocenters. The van der Waals surface area contributed by atoms with Crippen molar-refractivity contribution in [2.24, 2.45) is 5.41 Å². The number of carbonyl (C=O) groups excluding carboxylic acids is 3. The molecule has 9 nitrogen and oxygen atoms in total. The van der Waals surface area contributed by atoms with Gasteiger partial charge in [0.15, 0.2) is 6.10 Å². The number of thioether (sulfide) groups is 1. The first-order valence-corrected chi connectivity index (χ1v) is 13.0. The van der Waals surface area contributed by atoms with Gasteiger partial charge in [-0.2, -0.15) is 0 Å². The molecule has 2 rings (SSSR count). The summed E-state index contributed by atoms with van der Waals surface area (Å²) >= 11 is 1.13. The van der Waals surface area contributed by atoms with E-state index in [0.29, 0.717) is 18.0 Å². The number of carbonyl (C=O) groups is 3. The maximum Gasteiger partial charge on any atom is 0.530 e. The zero-order chi connectivity index (χ0) is 24.5. The van der Waals surface area contributed by atoms with Gasteiger partial charge >= 0.3 is 7.82 Å². The first kappa shape index (κ1) is 27.1. The van der Waals surface area contributed by atoms with Gasteiger partial charge < -0.3 is 15.2 Å². The Bertz CT molecular complexity index is 917. The monoisotopic (exact) mass is 498 g/mol. The Kier molecular flexibility index (Phi) is 10.2. The highest BCUT2D eigenvalue weighted by Crippen LogP contribution is 2.56. The third-order valence-electron chi connectivity index (χ3n) is 4.46. The Morgan fingerprint density at radius 3 is 2.55 bits per heavy atom. The topological polar surface area (TPSA) is 120 Å². The van der Waals surface area contributed by atoms with E-state index >= 15 is 0 Å². The Morgan fingerprint density at radius 1 is 1.18 bits per heavy atom. The highest BCUT2D eigenvalue weighted by Gasteiger charge is 2.49. The van der Waals surface area contributed by atoms with Crippen molar-refractivity contribution >= 4 is 36.5 Å². The summed E-state index contributed by atoms with van der Waals surface area (Å²) in [5, 5.41) is 5.30. The number of phosphoric acid groups is 1. The third-order valence-corrected chi connectivity index (χ3v) is 6.62. The number of para-hydroxylation sites is 1. The molecule has 182 valence electrons. The van der Waals surface area contributed by atoms with E-state index in [1.54, 1.807) is 50.3 Å². The fraction of sp³-hybridized carbons (Fsp3) is 0.500. The summed E-state index contributed by atoms with van der Waals surface area (Å²) in [5.74, 6) is 0.00497. The van der Waals surface area contributed by atoms with Crippen molar-refractivity contribution in [2.75, 3.05) is 25.4 Å². The molecule has 0 aromatic heterocycles. The fourth-order valence-corrected chi connectivity index (χ4v) is 5.18. The van der Waals surface area contributed by atoms with E-state index in [1.165, 1.54) is 0 Å². The van der Waals surface area contributed by atoms with Crippen molar-refractivity contribution in [3.8, 4) is 5.75 Å². The van der Waals surface area contributed by atoms with E-state index in [1.807, 2.05) is 13.8 Å². The van der Waals surface area contributed by atoms with Gasteiger partial charge in [0.1, 0.15) is 5.75 Å². The molecular formula is C22H31N2O7PS. The van der Waals surface area contributed by atoms with E-state index in [2.05, 4.69) is 10.6 Å². The summed E-state index contributed by atoms with van der Waals surface area (Å²) in [4.78, 5) is 36.3. The highest BCUT2D eigenvalue weighted by atomic mass is 32.2. The molecule has 0 saturated carbocycles. The molecule has 1 aliphatic rings. The molecule has 33 heavy (non-hydrogen) atoms. The van der Waals surface area contributed by atoms with Gasteiger partial charge in [-0.3, -0.25) is 23.4 Å². The van der Waals surface area contributed by atoms with Crippen LogP contribution in [0.15, 0.2) is 42.0 Å². The van der Waals surface area contributed by atoms with Crippen LogP contribution in [-0.2, 0) is 28.0 Å². The van der Waals surface area contributed by atoms with Crippen LogP contribution in [0.5, 0.6) is 5.75 Å². The second kappa shape index (κ2) is 12.4. The first-order chi connectivity index (χ1) is 15.5. The molecule has 2 amide bonds. The van der Waals surface area contributed by atoms with Crippen LogP contribution in [0.2, 0.25) is 0 Å². The SMILES string of the molecule is CC(C)=CC(=O)SCCNC(=O)CCNC(=O)[C@@H]1OP(=O)(Oc2ccccc2)OCC1(C)C. The van der Waals surface area contributed by atoms with Gasteiger partial charge in [-0.05, 0) is 32.1 Å². The van der Waals surface area contributed by atoms with E-state index in [4.69, 9.17) is 13.6 Å². The number of allylic oxidation sites excluding steroid dienone is 1. The van der Waals surface area contributed by atoms with Crippen LogP contribution >= 0.6 is 19.6 Å². The summed E-state index contributed by atoms with van der Waals surface area (Å²) in [7, 11) is -3.99. The third kappa shape index (κ3) is 9.33. The number of amides is 2. The van der Waals surface area contributed by atoms with E-state index in [0.717, 1.165) is 17.3 Å². The van der Waals surface area contributed by atoms with Crippen LogP contribution in [-0.4, -0.2) is 48.5 Å². The van der Waals surface area contributed by atoms with Crippen LogP contribution in [0.3, 0.4) is 0 Å². The minimum Gasteiger partial charge on any atom is -0.404 e. The Morgan fingerprint density at radius 2 is 1.88 bits per heavy atom. The second-order valence-corrected chi connectivity index (χ2v) is 11.0. The number of phosphoric ester groups is 1. The maximum absolute atomic E-state index is 12.9. The van der Waals surface area contributed by atoms with Crippen molar-refractivity contribution in [1.82, 2.24) is 10.6 Å². The predicted octanol–water partition coefficient (Wildman–Crippen LogP) is 3.46. The summed E-state index contributed by atoms with van der Waals surface area (Å²) < 4.78 is 29.1. The van der Waals surface area contributed by atoms with Crippen molar-refractivity contribution < 1.29 is 32.5 Å². The van der Waals surface area contributed by atoms with Crippen LogP contribution in [0, 0.1) is 5.41 Å². The quantitative estimate of drug-likeness (QED) is 0.286. The zero-order valence-electron chi connectivity index (χ0n) is 19.3. The summed E-state index contributed by atoms with van der Waals surface area (Å²) in [6.07, 6.45) is 0.521. The predicted molar refractivity (Wildman–Crippen MR) is 127 cm³/mol. The molecular weight excluding hydrogens is 467 g/mol. The van der Waals surface area contributed by atoms with Gasteiger partial charge in [0.05, 0.1) is 6.61 Å². The zero-order valence-corrected chi connectivity index (χ0v) is 21.0. The van der Waals surface area contributed by atoms with Crippen LogP contribution < -0.4 is 15.2 Å². The largest absolute Gasteiger partial charge is 0.530 e. The summed E-state index contributed by atoms with van der Waals surface area (Å²) in [6.45, 7) is 7.62. The second-order valence-electron chi connectivity index (χ2n) is 8.38. The summed E-state index contributed by atoms with van der Waals surface area (Å²) in [5.41, 5.74) is 0.168.